The predicted octanol–water partition coefficient (Wildman–Crippen LogP) is 5.71. The van der Waals surface area contributed by atoms with Gasteiger partial charge in [0.1, 0.15) is 0 Å². The maximum atomic E-state index is 12.5. The first-order chi connectivity index (χ1) is 15.4. The number of hydrogen-bond donors (Lipinski definition) is 0. The molecule has 0 aliphatic carbocycles. The highest BCUT2D eigenvalue weighted by molar-refractivity contribution is 6.32. The van der Waals surface area contributed by atoms with E-state index in [1.807, 2.05) is 50.5 Å². The monoisotopic (exact) mass is 453 g/mol. The molecular weight excluding hydrogens is 426 g/mol. The van der Waals surface area contributed by atoms with Gasteiger partial charge in [0, 0.05) is 17.6 Å². The fraction of sp³-hybridized carbons (Fsp3) is 0.360. The Hall–Kier alpha value is -3.17. The van der Waals surface area contributed by atoms with Gasteiger partial charge in [-0.3, -0.25) is 14.6 Å². The molecule has 0 aliphatic heterocycles. The van der Waals surface area contributed by atoms with Crippen molar-refractivity contribution in [3.8, 4) is 11.8 Å². The largest absolute Gasteiger partial charge is 0.466 e. The molecular formula is C25H28ClN3O3. The minimum absolute atomic E-state index is 0.0993. The number of carbonyl (C=O) groups is 2. The third kappa shape index (κ3) is 5.17. The molecule has 1 aromatic carbocycles. The number of aromatic nitrogens is 2. The van der Waals surface area contributed by atoms with Crippen molar-refractivity contribution in [2.75, 3.05) is 12.5 Å². The maximum absolute atomic E-state index is 12.5. The van der Waals surface area contributed by atoms with Gasteiger partial charge in [-0.2, -0.15) is 5.26 Å². The molecule has 3 aromatic rings. The number of pyridine rings is 1. The van der Waals surface area contributed by atoms with E-state index in [1.165, 1.54) is 0 Å². The number of hydrogen-bond acceptors (Lipinski definition) is 5. The Bertz CT molecular complexity index is 1140. The van der Waals surface area contributed by atoms with E-state index in [1.54, 1.807) is 25.3 Å². The van der Waals surface area contributed by atoms with Crippen molar-refractivity contribution in [3.63, 3.8) is 0 Å². The van der Waals surface area contributed by atoms with Crippen LogP contribution in [0.1, 0.15) is 67.2 Å². The topological polar surface area (TPSA) is 85.0 Å². The number of carbonyl (C=O) groups excluding carboxylic acids is 2. The summed E-state index contributed by atoms with van der Waals surface area (Å²) in [7, 11) is 0. The number of halogens is 1. The summed E-state index contributed by atoms with van der Waals surface area (Å²) in [5, 5.41) is 9.08. The summed E-state index contributed by atoms with van der Waals surface area (Å²) in [6.07, 6.45) is 1.94. The standard InChI is InChI=1S/C23H22ClN3O3.C2H6/c1-4-30-21(29)9-14(2)17-10-19-23(26-13-17)22(20(28)11-24)15(3)27(19)18-7-5-16(12-25)6-8-18;1-2/h5-8,10,13-14H,4,9,11H2,1-3H3;1-2H3. The molecule has 0 fully saturated rings. The van der Waals surface area contributed by atoms with E-state index < -0.39 is 0 Å². The van der Waals surface area contributed by atoms with Crippen molar-refractivity contribution in [1.82, 2.24) is 9.55 Å². The molecule has 0 saturated heterocycles. The van der Waals surface area contributed by atoms with Gasteiger partial charge in [-0.25, -0.2) is 0 Å². The Labute approximate surface area is 193 Å². The van der Waals surface area contributed by atoms with Gasteiger partial charge in [0.2, 0.25) is 0 Å². The Kier molecular flexibility index (Phi) is 8.98. The predicted molar refractivity (Wildman–Crippen MR) is 127 cm³/mol. The van der Waals surface area contributed by atoms with Crippen LogP contribution in [-0.2, 0) is 9.53 Å². The van der Waals surface area contributed by atoms with E-state index >= 15 is 0 Å². The van der Waals surface area contributed by atoms with E-state index in [0.29, 0.717) is 23.3 Å². The van der Waals surface area contributed by atoms with Crippen LogP contribution in [0.2, 0.25) is 0 Å². The number of ether oxygens (including phenoxy) is 1. The van der Waals surface area contributed by atoms with Gasteiger partial charge in [0.25, 0.3) is 0 Å². The lowest BCUT2D eigenvalue weighted by Crippen LogP contribution is -2.08. The van der Waals surface area contributed by atoms with Crippen LogP contribution in [0.15, 0.2) is 36.5 Å². The normalized spacial score (nSPS) is 11.3. The van der Waals surface area contributed by atoms with Crippen LogP contribution >= 0.6 is 11.6 Å². The number of Topliss-reactive ketones (excluding diaryl/α,β-unsaturated/α-hetero) is 1. The molecule has 1 unspecified atom stereocenters. The molecule has 1 atom stereocenters. The first kappa shape index (κ1) is 25.1. The van der Waals surface area contributed by atoms with Gasteiger partial charge in [-0.05, 0) is 55.7 Å². The lowest BCUT2D eigenvalue weighted by atomic mass is 9.99. The summed E-state index contributed by atoms with van der Waals surface area (Å²) in [5.74, 6) is -0.707. The van der Waals surface area contributed by atoms with Crippen molar-refractivity contribution in [2.24, 2.45) is 0 Å². The average Bonchev–Trinajstić information content (AvgIpc) is 3.11. The second-order valence-corrected chi connectivity index (χ2v) is 7.33. The quantitative estimate of drug-likeness (QED) is 0.260. The maximum Gasteiger partial charge on any atom is 0.306 e. The number of fused-ring (bicyclic) bond motifs is 1. The molecule has 2 aromatic heterocycles. The molecule has 32 heavy (non-hydrogen) atoms. The molecule has 168 valence electrons. The molecule has 7 heteroatoms. The molecule has 0 N–H and O–H groups in total. The first-order valence-electron chi connectivity index (χ1n) is 10.7. The summed E-state index contributed by atoms with van der Waals surface area (Å²) >= 11 is 5.85. The Morgan fingerprint density at radius 3 is 2.47 bits per heavy atom. The van der Waals surface area contributed by atoms with Crippen LogP contribution in [-0.4, -0.2) is 33.8 Å². The van der Waals surface area contributed by atoms with Crippen LogP contribution in [0, 0.1) is 18.3 Å². The third-order valence-electron chi connectivity index (χ3n) is 5.07. The zero-order valence-corrected chi connectivity index (χ0v) is 19.9. The van der Waals surface area contributed by atoms with Crippen LogP contribution < -0.4 is 0 Å². The SMILES string of the molecule is CC.CCOC(=O)CC(C)c1cnc2c(C(=O)CCl)c(C)n(-c3ccc(C#N)cc3)c2c1. The molecule has 0 amide bonds. The molecule has 0 radical (unpaired) electrons. The van der Waals surface area contributed by atoms with E-state index in [0.717, 1.165) is 22.5 Å². The van der Waals surface area contributed by atoms with Crippen molar-refractivity contribution < 1.29 is 14.3 Å². The van der Waals surface area contributed by atoms with Gasteiger partial charge >= 0.3 is 5.97 Å². The van der Waals surface area contributed by atoms with Crippen LogP contribution in [0.4, 0.5) is 0 Å². The molecule has 6 nitrogen and oxygen atoms in total. The van der Waals surface area contributed by atoms with Gasteiger partial charge in [0.15, 0.2) is 5.78 Å². The number of ketones is 1. The zero-order chi connectivity index (χ0) is 23.8. The van der Waals surface area contributed by atoms with Gasteiger partial charge < -0.3 is 9.30 Å². The summed E-state index contributed by atoms with van der Waals surface area (Å²) in [6.45, 7) is 9.90. The molecule has 0 saturated carbocycles. The fourth-order valence-electron chi connectivity index (χ4n) is 3.57. The van der Waals surface area contributed by atoms with Gasteiger partial charge in [-0.1, -0.05) is 20.8 Å². The minimum Gasteiger partial charge on any atom is -0.466 e. The number of benzene rings is 1. The van der Waals surface area contributed by atoms with E-state index in [2.05, 4.69) is 11.1 Å². The highest BCUT2D eigenvalue weighted by atomic mass is 35.5. The highest BCUT2D eigenvalue weighted by Gasteiger charge is 2.23. The average molecular weight is 454 g/mol. The number of rotatable bonds is 7. The molecule has 0 spiro atoms. The van der Waals surface area contributed by atoms with E-state index in [4.69, 9.17) is 21.6 Å². The Morgan fingerprint density at radius 1 is 1.25 bits per heavy atom. The van der Waals surface area contributed by atoms with Crippen molar-refractivity contribution in [2.45, 2.75) is 47.0 Å². The van der Waals surface area contributed by atoms with Crippen molar-refractivity contribution >= 4 is 34.4 Å². The number of nitriles is 1. The van der Waals surface area contributed by atoms with Crippen LogP contribution in [0.25, 0.3) is 16.7 Å². The molecule has 0 bridgehead atoms. The van der Waals surface area contributed by atoms with Crippen LogP contribution in [0.5, 0.6) is 0 Å². The van der Waals surface area contributed by atoms with E-state index in [9.17, 15) is 9.59 Å². The second kappa shape index (κ2) is 11.4. The summed E-state index contributed by atoms with van der Waals surface area (Å²) < 4.78 is 6.99. The lowest BCUT2D eigenvalue weighted by Gasteiger charge is -2.13. The lowest BCUT2D eigenvalue weighted by molar-refractivity contribution is -0.143. The smallest absolute Gasteiger partial charge is 0.306 e. The molecule has 3 rings (SSSR count). The highest BCUT2D eigenvalue weighted by Crippen LogP contribution is 2.31. The summed E-state index contributed by atoms with van der Waals surface area (Å²) in [6, 6.07) is 11.2. The van der Waals surface area contributed by atoms with Crippen molar-refractivity contribution in [3.05, 3.63) is 58.9 Å². The fourth-order valence-corrected chi connectivity index (χ4v) is 3.70. The molecule has 2 heterocycles. The second-order valence-electron chi connectivity index (χ2n) is 7.06. The zero-order valence-electron chi connectivity index (χ0n) is 19.1. The number of esters is 1. The first-order valence-corrected chi connectivity index (χ1v) is 11.2. The third-order valence-corrected chi connectivity index (χ3v) is 5.31. The van der Waals surface area contributed by atoms with Crippen molar-refractivity contribution in [1.29, 1.82) is 5.26 Å². The van der Waals surface area contributed by atoms with Crippen LogP contribution in [0.3, 0.4) is 0 Å². The number of nitrogens with zero attached hydrogens (tertiary/aromatic N) is 3. The Morgan fingerprint density at radius 2 is 1.91 bits per heavy atom. The minimum atomic E-state index is -0.262. The summed E-state index contributed by atoms with van der Waals surface area (Å²) in [5.41, 5.74) is 4.74. The number of alkyl halides is 1. The summed E-state index contributed by atoms with van der Waals surface area (Å²) in [4.78, 5) is 29.0. The van der Waals surface area contributed by atoms with E-state index in [-0.39, 0.29) is 30.0 Å². The van der Waals surface area contributed by atoms with Gasteiger partial charge in [0.05, 0.1) is 47.1 Å². The Balaban J connectivity index is 0.00000176. The molecule has 0 aliphatic rings. The van der Waals surface area contributed by atoms with Gasteiger partial charge in [-0.15, -0.1) is 11.6 Å².